The van der Waals surface area contributed by atoms with Gasteiger partial charge in [0, 0.05) is 6.54 Å². The molecule has 1 heterocycles. The van der Waals surface area contributed by atoms with Crippen LogP contribution >= 0.6 is 0 Å². The SMILES string of the molecule is O=C(OCCCn1c(=O)oc2ccccc21)c1ccccc1OC(F)F. The number of aromatic nitrogens is 1. The first-order chi connectivity index (χ1) is 12.6. The highest BCUT2D eigenvalue weighted by molar-refractivity contribution is 5.92. The molecule has 3 aromatic rings. The molecule has 0 N–H and O–H groups in total. The van der Waals surface area contributed by atoms with Crippen molar-refractivity contribution in [2.45, 2.75) is 19.6 Å². The Morgan fingerprint density at radius 3 is 2.65 bits per heavy atom. The quantitative estimate of drug-likeness (QED) is 0.475. The fourth-order valence-electron chi connectivity index (χ4n) is 2.53. The smallest absolute Gasteiger partial charge is 0.419 e. The van der Waals surface area contributed by atoms with Crippen molar-refractivity contribution >= 4 is 17.1 Å². The predicted molar refractivity (Wildman–Crippen MR) is 88.4 cm³/mol. The Kier molecular flexibility index (Phi) is 5.31. The molecule has 0 amide bonds. The molecule has 0 atom stereocenters. The van der Waals surface area contributed by atoms with Gasteiger partial charge in [-0.3, -0.25) is 4.57 Å². The molecule has 26 heavy (non-hydrogen) atoms. The highest BCUT2D eigenvalue weighted by Gasteiger charge is 2.16. The summed E-state index contributed by atoms with van der Waals surface area (Å²) < 4.78 is 40.7. The number of alkyl halides is 2. The maximum Gasteiger partial charge on any atom is 0.419 e. The van der Waals surface area contributed by atoms with Crippen LogP contribution < -0.4 is 10.5 Å². The van der Waals surface area contributed by atoms with Crippen LogP contribution in [0.5, 0.6) is 5.75 Å². The first-order valence-corrected chi connectivity index (χ1v) is 7.85. The summed E-state index contributed by atoms with van der Waals surface area (Å²) in [5, 5.41) is 0. The van der Waals surface area contributed by atoms with Gasteiger partial charge in [-0.25, -0.2) is 9.59 Å². The van der Waals surface area contributed by atoms with Gasteiger partial charge >= 0.3 is 18.3 Å². The number of halogens is 2. The van der Waals surface area contributed by atoms with E-state index in [-0.39, 0.29) is 24.5 Å². The Morgan fingerprint density at radius 2 is 1.85 bits per heavy atom. The summed E-state index contributed by atoms with van der Waals surface area (Å²) >= 11 is 0. The lowest BCUT2D eigenvalue weighted by molar-refractivity contribution is -0.0504. The summed E-state index contributed by atoms with van der Waals surface area (Å²) in [6.07, 6.45) is 0.354. The average Bonchev–Trinajstić information content (AvgIpc) is 2.94. The van der Waals surface area contributed by atoms with E-state index >= 15 is 0 Å². The zero-order valence-corrected chi connectivity index (χ0v) is 13.6. The molecular formula is C18H15F2NO5. The van der Waals surface area contributed by atoms with Crippen molar-refractivity contribution in [2.24, 2.45) is 0 Å². The number of carbonyl (C=O) groups excluding carboxylic acids is 1. The van der Waals surface area contributed by atoms with Crippen LogP contribution in [0.15, 0.2) is 57.7 Å². The highest BCUT2D eigenvalue weighted by atomic mass is 19.3. The number of oxazole rings is 1. The summed E-state index contributed by atoms with van der Waals surface area (Å²) in [6, 6.07) is 12.6. The molecule has 0 bridgehead atoms. The van der Waals surface area contributed by atoms with E-state index < -0.39 is 18.3 Å². The lowest BCUT2D eigenvalue weighted by Crippen LogP contribution is -2.16. The minimum Gasteiger partial charge on any atom is -0.462 e. The Morgan fingerprint density at radius 1 is 1.12 bits per heavy atom. The molecule has 0 spiro atoms. The average molecular weight is 363 g/mol. The molecule has 0 aliphatic rings. The van der Waals surface area contributed by atoms with Crippen LogP contribution in [0.25, 0.3) is 11.1 Å². The molecule has 0 aliphatic carbocycles. The number of carbonyl (C=O) groups is 1. The molecule has 3 rings (SSSR count). The molecule has 8 heteroatoms. The molecule has 0 fully saturated rings. The molecule has 2 aromatic carbocycles. The molecule has 0 saturated carbocycles. The summed E-state index contributed by atoms with van der Waals surface area (Å²) in [5.41, 5.74) is 1.05. The van der Waals surface area contributed by atoms with Gasteiger partial charge in [0.1, 0.15) is 11.3 Å². The predicted octanol–water partition coefficient (Wildman–Crippen LogP) is 3.44. The number of aryl methyl sites for hydroxylation is 1. The monoisotopic (exact) mass is 363 g/mol. The number of fused-ring (bicyclic) bond motifs is 1. The lowest BCUT2D eigenvalue weighted by atomic mass is 10.2. The van der Waals surface area contributed by atoms with Crippen molar-refractivity contribution in [1.82, 2.24) is 4.57 Å². The molecule has 6 nitrogen and oxygen atoms in total. The van der Waals surface area contributed by atoms with Gasteiger partial charge in [-0.05, 0) is 30.7 Å². The van der Waals surface area contributed by atoms with Crippen LogP contribution in [0.2, 0.25) is 0 Å². The van der Waals surface area contributed by atoms with Crippen LogP contribution in [0, 0.1) is 0 Å². The van der Waals surface area contributed by atoms with E-state index in [0.29, 0.717) is 17.5 Å². The molecule has 1 aromatic heterocycles. The number of rotatable bonds is 7. The second-order valence-electron chi connectivity index (χ2n) is 5.35. The van der Waals surface area contributed by atoms with E-state index in [9.17, 15) is 18.4 Å². The fraction of sp³-hybridized carbons (Fsp3) is 0.222. The number of ether oxygens (including phenoxy) is 2. The van der Waals surface area contributed by atoms with Gasteiger partial charge in [0.2, 0.25) is 0 Å². The van der Waals surface area contributed by atoms with Crippen LogP contribution in [0.3, 0.4) is 0 Å². The van der Waals surface area contributed by atoms with E-state index in [4.69, 9.17) is 9.15 Å². The number of para-hydroxylation sites is 3. The fourth-order valence-corrected chi connectivity index (χ4v) is 2.53. The zero-order chi connectivity index (χ0) is 18.5. The Hall–Kier alpha value is -3.16. The molecule has 136 valence electrons. The van der Waals surface area contributed by atoms with Crippen LogP contribution in [-0.4, -0.2) is 23.8 Å². The minimum absolute atomic E-state index is 0.00773. The third-order valence-electron chi connectivity index (χ3n) is 3.66. The van der Waals surface area contributed by atoms with Gasteiger partial charge < -0.3 is 13.9 Å². The highest BCUT2D eigenvalue weighted by Crippen LogP contribution is 2.21. The van der Waals surface area contributed by atoms with Crippen LogP contribution in [-0.2, 0) is 11.3 Å². The first-order valence-electron chi connectivity index (χ1n) is 7.85. The summed E-state index contributed by atoms with van der Waals surface area (Å²) in [4.78, 5) is 23.9. The summed E-state index contributed by atoms with van der Waals surface area (Å²) in [6.45, 7) is -2.74. The van der Waals surface area contributed by atoms with Gasteiger partial charge in [0.25, 0.3) is 0 Å². The van der Waals surface area contributed by atoms with E-state index in [1.807, 2.05) is 0 Å². The standard InChI is InChI=1S/C18H15F2NO5/c19-17(20)25-14-8-3-1-6-12(14)16(22)24-11-5-10-21-13-7-2-4-9-15(13)26-18(21)23/h1-4,6-9,17H,5,10-11H2. The van der Waals surface area contributed by atoms with Crippen molar-refractivity contribution in [3.63, 3.8) is 0 Å². The Balaban J connectivity index is 1.59. The van der Waals surface area contributed by atoms with Crippen molar-refractivity contribution in [3.8, 4) is 5.75 Å². The van der Waals surface area contributed by atoms with Gasteiger partial charge in [-0.15, -0.1) is 0 Å². The van der Waals surface area contributed by atoms with Gasteiger partial charge in [0.15, 0.2) is 5.58 Å². The van der Waals surface area contributed by atoms with E-state index in [1.165, 1.54) is 28.8 Å². The molecular weight excluding hydrogens is 348 g/mol. The number of nitrogens with zero attached hydrogens (tertiary/aromatic N) is 1. The van der Waals surface area contributed by atoms with E-state index in [2.05, 4.69) is 4.74 Å². The number of hydrogen-bond acceptors (Lipinski definition) is 5. The second-order valence-corrected chi connectivity index (χ2v) is 5.35. The lowest BCUT2D eigenvalue weighted by Gasteiger charge is -2.10. The van der Waals surface area contributed by atoms with Crippen molar-refractivity contribution < 1.29 is 27.5 Å². The molecule has 0 radical (unpaired) electrons. The zero-order valence-electron chi connectivity index (χ0n) is 13.6. The minimum atomic E-state index is -3.04. The van der Waals surface area contributed by atoms with E-state index in [1.54, 1.807) is 24.3 Å². The van der Waals surface area contributed by atoms with Crippen molar-refractivity contribution in [1.29, 1.82) is 0 Å². The van der Waals surface area contributed by atoms with Crippen LogP contribution in [0.1, 0.15) is 16.8 Å². The molecule has 0 aliphatic heterocycles. The third-order valence-corrected chi connectivity index (χ3v) is 3.66. The summed E-state index contributed by atoms with van der Waals surface area (Å²) in [7, 11) is 0. The first kappa shape index (κ1) is 17.7. The van der Waals surface area contributed by atoms with Gasteiger partial charge in [0.05, 0.1) is 12.1 Å². The summed E-state index contributed by atoms with van der Waals surface area (Å²) in [5.74, 6) is -1.51. The largest absolute Gasteiger partial charge is 0.462 e. The second kappa shape index (κ2) is 7.81. The van der Waals surface area contributed by atoms with Crippen LogP contribution in [0.4, 0.5) is 8.78 Å². The number of hydrogen-bond donors (Lipinski definition) is 0. The van der Waals surface area contributed by atoms with Gasteiger partial charge in [-0.2, -0.15) is 8.78 Å². The maximum absolute atomic E-state index is 12.4. The van der Waals surface area contributed by atoms with E-state index in [0.717, 1.165) is 0 Å². The Labute approximate surface area is 146 Å². The topological polar surface area (TPSA) is 70.7 Å². The van der Waals surface area contributed by atoms with Crippen molar-refractivity contribution in [2.75, 3.05) is 6.61 Å². The number of benzene rings is 2. The molecule has 0 saturated heterocycles. The van der Waals surface area contributed by atoms with Crippen molar-refractivity contribution in [3.05, 3.63) is 64.6 Å². The number of esters is 1. The Bertz CT molecular complexity index is 963. The van der Waals surface area contributed by atoms with Gasteiger partial charge in [-0.1, -0.05) is 24.3 Å². The third kappa shape index (κ3) is 3.90. The maximum atomic E-state index is 12.4. The normalized spacial score (nSPS) is 11.0. The molecule has 0 unspecified atom stereocenters.